The van der Waals surface area contributed by atoms with Gasteiger partial charge in [0.15, 0.2) is 0 Å². The zero-order valence-electron chi connectivity index (χ0n) is 8.28. The van der Waals surface area contributed by atoms with E-state index < -0.39 is 0 Å². The van der Waals surface area contributed by atoms with E-state index in [0.29, 0.717) is 0 Å². The molecule has 0 N–H and O–H groups in total. The van der Waals surface area contributed by atoms with Gasteiger partial charge in [0.05, 0.1) is 13.0 Å². The summed E-state index contributed by atoms with van der Waals surface area (Å²) in [6, 6.07) is 0. The van der Waals surface area contributed by atoms with Crippen molar-refractivity contribution in [2.75, 3.05) is 27.7 Å². The highest BCUT2D eigenvalue weighted by molar-refractivity contribution is 5.78. The molecule has 3 nitrogen and oxygen atoms in total. The number of esters is 1. The van der Waals surface area contributed by atoms with Gasteiger partial charge in [0.1, 0.15) is 0 Å². The highest BCUT2D eigenvalue weighted by Gasteiger charge is 2.17. The fraction of sp³-hybridized carbons (Fsp3) is 0.500. The van der Waals surface area contributed by atoms with Crippen molar-refractivity contribution in [2.45, 2.75) is 0 Å². The Balaban J connectivity index is 2.55. The molecule has 0 heterocycles. The molecular weight excluding hydrogens is 166 g/mol. The first-order valence-electron chi connectivity index (χ1n) is 4.25. The van der Waals surface area contributed by atoms with Gasteiger partial charge in [-0.3, -0.25) is 4.79 Å². The number of carbonyl (C=O) groups excluding carboxylic acids is 1. The maximum atomic E-state index is 11.1. The monoisotopic (exact) mass is 181 g/mol. The Morgan fingerprint density at radius 3 is 2.85 bits per heavy atom. The SMILES string of the molecule is COC(=O)C1C=CC(CN(C)C)=C1. The molecule has 1 rings (SSSR count). The van der Waals surface area contributed by atoms with Gasteiger partial charge in [-0.1, -0.05) is 18.2 Å². The van der Waals surface area contributed by atoms with Crippen LogP contribution in [0.25, 0.3) is 0 Å². The molecule has 0 radical (unpaired) electrons. The number of carbonyl (C=O) groups is 1. The molecule has 0 aromatic rings. The maximum Gasteiger partial charge on any atom is 0.316 e. The van der Waals surface area contributed by atoms with E-state index in [1.165, 1.54) is 12.7 Å². The van der Waals surface area contributed by atoms with Crippen LogP contribution in [0.5, 0.6) is 0 Å². The Bertz CT molecular complexity index is 254. The Morgan fingerprint density at radius 1 is 1.62 bits per heavy atom. The summed E-state index contributed by atoms with van der Waals surface area (Å²) in [5.74, 6) is -0.370. The summed E-state index contributed by atoms with van der Waals surface area (Å²) in [7, 11) is 5.41. The molecule has 1 atom stereocenters. The molecule has 0 aliphatic heterocycles. The van der Waals surface area contributed by atoms with Crippen LogP contribution >= 0.6 is 0 Å². The largest absolute Gasteiger partial charge is 0.468 e. The molecule has 0 amide bonds. The van der Waals surface area contributed by atoms with Crippen molar-refractivity contribution >= 4 is 5.97 Å². The number of rotatable bonds is 3. The van der Waals surface area contributed by atoms with Gasteiger partial charge in [0.2, 0.25) is 0 Å². The topological polar surface area (TPSA) is 29.5 Å². The van der Waals surface area contributed by atoms with Crippen molar-refractivity contribution in [3.05, 3.63) is 23.8 Å². The summed E-state index contributed by atoms with van der Waals surface area (Å²) in [6.07, 6.45) is 5.78. The zero-order valence-corrected chi connectivity index (χ0v) is 8.28. The Morgan fingerprint density at radius 2 is 2.31 bits per heavy atom. The number of likely N-dealkylation sites (N-methyl/N-ethyl adjacent to an activating group) is 1. The van der Waals surface area contributed by atoms with E-state index in [4.69, 9.17) is 0 Å². The number of hydrogen-bond donors (Lipinski definition) is 0. The summed E-state index contributed by atoms with van der Waals surface area (Å²) >= 11 is 0. The van der Waals surface area contributed by atoms with Crippen LogP contribution in [0.1, 0.15) is 0 Å². The number of methoxy groups -OCH3 is 1. The quantitative estimate of drug-likeness (QED) is 0.604. The van der Waals surface area contributed by atoms with Crippen molar-refractivity contribution in [1.29, 1.82) is 0 Å². The maximum absolute atomic E-state index is 11.1. The van der Waals surface area contributed by atoms with Crippen molar-refractivity contribution in [1.82, 2.24) is 4.90 Å². The second-order valence-electron chi connectivity index (χ2n) is 3.39. The summed E-state index contributed by atoms with van der Waals surface area (Å²) < 4.78 is 4.64. The average Bonchev–Trinajstić information content (AvgIpc) is 2.50. The van der Waals surface area contributed by atoms with E-state index in [1.807, 2.05) is 32.3 Å². The van der Waals surface area contributed by atoms with E-state index in [2.05, 4.69) is 9.64 Å². The lowest BCUT2D eigenvalue weighted by molar-refractivity contribution is -0.142. The van der Waals surface area contributed by atoms with Crippen LogP contribution in [-0.2, 0) is 9.53 Å². The van der Waals surface area contributed by atoms with Crippen LogP contribution in [0, 0.1) is 5.92 Å². The van der Waals surface area contributed by atoms with Crippen LogP contribution < -0.4 is 0 Å². The molecular formula is C10H15NO2. The van der Waals surface area contributed by atoms with Gasteiger partial charge >= 0.3 is 5.97 Å². The molecule has 0 saturated heterocycles. The van der Waals surface area contributed by atoms with Gasteiger partial charge in [0, 0.05) is 6.54 Å². The number of hydrogen-bond acceptors (Lipinski definition) is 3. The van der Waals surface area contributed by atoms with Crippen molar-refractivity contribution in [3.8, 4) is 0 Å². The first kappa shape index (κ1) is 9.99. The van der Waals surface area contributed by atoms with E-state index in [0.717, 1.165) is 6.54 Å². The predicted molar refractivity (Wildman–Crippen MR) is 51.3 cm³/mol. The van der Waals surface area contributed by atoms with Crippen LogP contribution in [-0.4, -0.2) is 38.6 Å². The van der Waals surface area contributed by atoms with Gasteiger partial charge < -0.3 is 9.64 Å². The van der Waals surface area contributed by atoms with Gasteiger partial charge in [-0.05, 0) is 19.7 Å². The first-order valence-corrected chi connectivity index (χ1v) is 4.25. The molecule has 13 heavy (non-hydrogen) atoms. The van der Waals surface area contributed by atoms with E-state index in [1.54, 1.807) is 0 Å². The normalized spacial score (nSPS) is 20.6. The lowest BCUT2D eigenvalue weighted by Crippen LogP contribution is -2.14. The molecule has 0 saturated carbocycles. The smallest absolute Gasteiger partial charge is 0.316 e. The zero-order chi connectivity index (χ0) is 9.84. The van der Waals surface area contributed by atoms with Crippen molar-refractivity contribution in [2.24, 2.45) is 5.92 Å². The second-order valence-corrected chi connectivity index (χ2v) is 3.39. The highest BCUT2D eigenvalue weighted by atomic mass is 16.5. The van der Waals surface area contributed by atoms with E-state index in [9.17, 15) is 4.79 Å². The molecule has 0 fully saturated rings. The molecule has 72 valence electrons. The molecule has 3 heteroatoms. The van der Waals surface area contributed by atoms with Crippen molar-refractivity contribution < 1.29 is 9.53 Å². The fourth-order valence-electron chi connectivity index (χ4n) is 1.32. The third kappa shape index (κ3) is 2.70. The molecule has 1 aliphatic carbocycles. The molecule has 1 unspecified atom stereocenters. The molecule has 0 bridgehead atoms. The number of nitrogens with zero attached hydrogens (tertiary/aromatic N) is 1. The Kier molecular flexibility index (Phi) is 3.25. The Hall–Kier alpha value is -1.09. The lowest BCUT2D eigenvalue weighted by atomic mass is 10.2. The van der Waals surface area contributed by atoms with E-state index >= 15 is 0 Å². The highest BCUT2D eigenvalue weighted by Crippen LogP contribution is 2.17. The second kappa shape index (κ2) is 4.23. The van der Waals surface area contributed by atoms with Gasteiger partial charge in [-0.25, -0.2) is 0 Å². The Labute approximate surface area is 78.7 Å². The minimum atomic E-state index is -0.190. The molecule has 1 aliphatic rings. The van der Waals surface area contributed by atoms with Crippen molar-refractivity contribution in [3.63, 3.8) is 0 Å². The van der Waals surface area contributed by atoms with Crippen LogP contribution in [0.2, 0.25) is 0 Å². The van der Waals surface area contributed by atoms with Crippen LogP contribution in [0.3, 0.4) is 0 Å². The predicted octanol–water partition coefficient (Wildman–Crippen LogP) is 0.833. The minimum Gasteiger partial charge on any atom is -0.468 e. The third-order valence-corrected chi connectivity index (χ3v) is 1.88. The number of ether oxygens (including phenoxy) is 1. The molecule has 0 aromatic carbocycles. The third-order valence-electron chi connectivity index (χ3n) is 1.88. The average molecular weight is 181 g/mol. The van der Waals surface area contributed by atoms with Crippen LogP contribution in [0.15, 0.2) is 23.8 Å². The molecule has 0 aromatic heterocycles. The summed E-state index contributed by atoms with van der Waals surface area (Å²) in [4.78, 5) is 13.2. The van der Waals surface area contributed by atoms with E-state index in [-0.39, 0.29) is 11.9 Å². The molecule has 0 spiro atoms. The summed E-state index contributed by atoms with van der Waals surface area (Å²) in [5.41, 5.74) is 1.17. The van der Waals surface area contributed by atoms with Gasteiger partial charge in [-0.15, -0.1) is 0 Å². The van der Waals surface area contributed by atoms with Crippen LogP contribution in [0.4, 0.5) is 0 Å². The van der Waals surface area contributed by atoms with Gasteiger partial charge in [0.25, 0.3) is 0 Å². The summed E-state index contributed by atoms with van der Waals surface area (Å²) in [6.45, 7) is 0.865. The minimum absolute atomic E-state index is 0.181. The standard InChI is InChI=1S/C10H15NO2/c1-11(2)7-8-4-5-9(6-8)10(12)13-3/h4-6,9H,7H2,1-3H3. The fourth-order valence-corrected chi connectivity index (χ4v) is 1.32. The lowest BCUT2D eigenvalue weighted by Gasteiger charge is -2.08. The summed E-state index contributed by atoms with van der Waals surface area (Å²) in [5, 5.41) is 0. The first-order chi connectivity index (χ1) is 6.13. The van der Waals surface area contributed by atoms with Gasteiger partial charge in [-0.2, -0.15) is 0 Å².